The molecule has 18 heavy (non-hydrogen) atoms. The van der Waals surface area contributed by atoms with E-state index in [-0.39, 0.29) is 0 Å². The summed E-state index contributed by atoms with van der Waals surface area (Å²) >= 11 is 0. The van der Waals surface area contributed by atoms with Gasteiger partial charge in [-0.3, -0.25) is 4.79 Å². The molecule has 0 aliphatic carbocycles. The van der Waals surface area contributed by atoms with E-state index in [4.69, 9.17) is 5.73 Å². The van der Waals surface area contributed by atoms with E-state index in [1.165, 1.54) is 0 Å². The first kappa shape index (κ1) is 12.6. The van der Waals surface area contributed by atoms with Crippen molar-refractivity contribution in [2.45, 2.75) is 19.3 Å². The number of hydrogen-bond donors (Lipinski definition) is 1. The first-order valence-electron chi connectivity index (χ1n) is 6.29. The quantitative estimate of drug-likeness (QED) is 0.821. The molecular formula is C14H18N2O2. The predicted molar refractivity (Wildman–Crippen MR) is 70.6 cm³/mol. The van der Waals surface area contributed by atoms with Crippen LogP contribution in [0.2, 0.25) is 0 Å². The van der Waals surface area contributed by atoms with Gasteiger partial charge in [0.1, 0.15) is 6.29 Å². The molecule has 0 unspecified atom stereocenters. The number of amides is 1. The number of piperidine rings is 1. The van der Waals surface area contributed by atoms with Gasteiger partial charge in [0.25, 0.3) is 0 Å². The Morgan fingerprint density at radius 1 is 1.28 bits per heavy atom. The van der Waals surface area contributed by atoms with E-state index in [2.05, 4.69) is 4.90 Å². The normalized spacial score (nSPS) is 16.6. The van der Waals surface area contributed by atoms with Crippen LogP contribution in [0.3, 0.4) is 0 Å². The van der Waals surface area contributed by atoms with Gasteiger partial charge >= 0.3 is 0 Å². The molecule has 2 N–H and O–H groups in total. The second kappa shape index (κ2) is 5.67. The summed E-state index contributed by atoms with van der Waals surface area (Å²) in [4.78, 5) is 23.7. The second-order valence-corrected chi connectivity index (χ2v) is 4.74. The van der Waals surface area contributed by atoms with Crippen LogP contribution in [0.15, 0.2) is 24.3 Å². The number of carbonyl (C=O) groups excluding carboxylic acids is 2. The lowest BCUT2D eigenvalue weighted by Gasteiger charge is -2.33. The largest absolute Gasteiger partial charge is 0.372 e. The van der Waals surface area contributed by atoms with Gasteiger partial charge in [0.15, 0.2) is 0 Å². The highest BCUT2D eigenvalue weighted by molar-refractivity contribution is 5.93. The third-order valence-electron chi connectivity index (χ3n) is 3.56. The van der Waals surface area contributed by atoms with Crippen LogP contribution in [0, 0.1) is 5.92 Å². The zero-order valence-corrected chi connectivity index (χ0v) is 10.3. The summed E-state index contributed by atoms with van der Waals surface area (Å²) in [6.45, 7) is 1.93. The van der Waals surface area contributed by atoms with Crippen molar-refractivity contribution < 1.29 is 9.59 Å². The molecule has 0 spiro atoms. The van der Waals surface area contributed by atoms with Crippen molar-refractivity contribution in [3.63, 3.8) is 0 Å². The third kappa shape index (κ3) is 2.88. The highest BCUT2D eigenvalue weighted by atomic mass is 16.1. The summed E-state index contributed by atoms with van der Waals surface area (Å²) in [6, 6.07) is 7.38. The number of anilines is 1. The number of nitrogens with two attached hydrogens (primary N) is 1. The van der Waals surface area contributed by atoms with Crippen molar-refractivity contribution in [1.82, 2.24) is 0 Å². The predicted octanol–water partition coefficient (Wildman–Crippen LogP) is 1.59. The van der Waals surface area contributed by atoms with Gasteiger partial charge in [-0.15, -0.1) is 0 Å². The summed E-state index contributed by atoms with van der Waals surface area (Å²) in [5.41, 5.74) is 6.86. The van der Waals surface area contributed by atoms with E-state index in [0.717, 1.165) is 37.9 Å². The SMILES string of the molecule is NC(=O)c1ccc(N2CCC(CC=O)CC2)cc1. The summed E-state index contributed by atoms with van der Waals surface area (Å²) in [5, 5.41) is 0. The van der Waals surface area contributed by atoms with Gasteiger partial charge in [0, 0.05) is 30.8 Å². The Kier molecular flexibility index (Phi) is 3.97. The molecule has 0 bridgehead atoms. The van der Waals surface area contributed by atoms with Crippen LogP contribution in [0.25, 0.3) is 0 Å². The van der Waals surface area contributed by atoms with Crippen molar-refractivity contribution >= 4 is 17.9 Å². The molecule has 4 heteroatoms. The maximum absolute atomic E-state index is 11.0. The van der Waals surface area contributed by atoms with Crippen LogP contribution < -0.4 is 10.6 Å². The molecule has 1 aliphatic heterocycles. The van der Waals surface area contributed by atoms with E-state index in [1.54, 1.807) is 12.1 Å². The molecule has 2 rings (SSSR count). The van der Waals surface area contributed by atoms with Crippen LogP contribution in [0.4, 0.5) is 5.69 Å². The lowest BCUT2D eigenvalue weighted by atomic mass is 9.94. The Morgan fingerprint density at radius 2 is 1.89 bits per heavy atom. The van der Waals surface area contributed by atoms with Crippen molar-refractivity contribution in [3.8, 4) is 0 Å². The minimum Gasteiger partial charge on any atom is -0.372 e. The Morgan fingerprint density at radius 3 is 2.39 bits per heavy atom. The number of nitrogens with zero attached hydrogens (tertiary/aromatic N) is 1. The number of aldehydes is 1. The fraction of sp³-hybridized carbons (Fsp3) is 0.429. The Balaban J connectivity index is 1.97. The van der Waals surface area contributed by atoms with Crippen LogP contribution in [-0.2, 0) is 4.79 Å². The second-order valence-electron chi connectivity index (χ2n) is 4.74. The smallest absolute Gasteiger partial charge is 0.248 e. The summed E-state index contributed by atoms with van der Waals surface area (Å²) in [7, 11) is 0. The maximum Gasteiger partial charge on any atom is 0.248 e. The molecule has 96 valence electrons. The molecule has 1 aromatic carbocycles. The standard InChI is InChI=1S/C14H18N2O2/c15-14(18)12-1-3-13(4-2-12)16-8-5-11(6-9-16)7-10-17/h1-4,10-11H,5-9H2,(H2,15,18). The molecule has 4 nitrogen and oxygen atoms in total. The van der Waals surface area contributed by atoms with Crippen molar-refractivity contribution in [3.05, 3.63) is 29.8 Å². The maximum atomic E-state index is 11.0. The first-order chi connectivity index (χ1) is 8.70. The van der Waals surface area contributed by atoms with E-state index < -0.39 is 5.91 Å². The summed E-state index contributed by atoms with van der Waals surface area (Å²) < 4.78 is 0. The average molecular weight is 246 g/mol. The van der Waals surface area contributed by atoms with Gasteiger partial charge in [0.2, 0.25) is 5.91 Å². The highest BCUT2D eigenvalue weighted by Gasteiger charge is 2.18. The minimum atomic E-state index is -0.397. The van der Waals surface area contributed by atoms with Gasteiger partial charge in [-0.25, -0.2) is 0 Å². The van der Waals surface area contributed by atoms with Crippen molar-refractivity contribution in [2.24, 2.45) is 11.7 Å². The molecule has 0 radical (unpaired) electrons. The zero-order valence-electron chi connectivity index (χ0n) is 10.3. The molecular weight excluding hydrogens is 228 g/mol. The molecule has 1 fully saturated rings. The van der Waals surface area contributed by atoms with Crippen molar-refractivity contribution in [2.75, 3.05) is 18.0 Å². The summed E-state index contributed by atoms with van der Waals surface area (Å²) in [6.07, 6.45) is 3.79. The molecule has 0 saturated carbocycles. The summed E-state index contributed by atoms with van der Waals surface area (Å²) in [5.74, 6) is 0.134. The zero-order chi connectivity index (χ0) is 13.0. The van der Waals surface area contributed by atoms with Crippen LogP contribution in [-0.4, -0.2) is 25.3 Å². The number of benzene rings is 1. The van der Waals surface area contributed by atoms with E-state index >= 15 is 0 Å². The van der Waals surface area contributed by atoms with Gasteiger partial charge in [-0.05, 0) is 43.0 Å². The Bertz CT molecular complexity index is 420. The fourth-order valence-electron chi connectivity index (χ4n) is 2.40. The monoisotopic (exact) mass is 246 g/mol. The number of hydrogen-bond acceptors (Lipinski definition) is 3. The number of carbonyl (C=O) groups is 2. The molecule has 0 aromatic heterocycles. The topological polar surface area (TPSA) is 63.4 Å². The van der Waals surface area contributed by atoms with Gasteiger partial charge in [-0.1, -0.05) is 0 Å². The molecule has 1 heterocycles. The lowest BCUT2D eigenvalue weighted by molar-refractivity contribution is -0.108. The average Bonchev–Trinajstić information content (AvgIpc) is 2.40. The van der Waals surface area contributed by atoms with Crippen LogP contribution >= 0.6 is 0 Å². The molecule has 1 saturated heterocycles. The Labute approximate surface area is 107 Å². The third-order valence-corrected chi connectivity index (χ3v) is 3.56. The van der Waals surface area contributed by atoms with Crippen LogP contribution in [0.5, 0.6) is 0 Å². The van der Waals surface area contributed by atoms with Crippen LogP contribution in [0.1, 0.15) is 29.6 Å². The molecule has 1 aromatic rings. The number of primary amides is 1. The van der Waals surface area contributed by atoms with E-state index in [9.17, 15) is 9.59 Å². The van der Waals surface area contributed by atoms with Gasteiger partial charge < -0.3 is 15.4 Å². The molecule has 1 aliphatic rings. The fourth-order valence-corrected chi connectivity index (χ4v) is 2.40. The first-order valence-corrected chi connectivity index (χ1v) is 6.29. The number of rotatable bonds is 4. The van der Waals surface area contributed by atoms with Gasteiger partial charge in [-0.2, -0.15) is 0 Å². The minimum absolute atomic E-state index is 0.397. The Hall–Kier alpha value is -1.84. The van der Waals surface area contributed by atoms with E-state index in [1.807, 2.05) is 12.1 Å². The highest BCUT2D eigenvalue weighted by Crippen LogP contribution is 2.24. The van der Waals surface area contributed by atoms with E-state index in [0.29, 0.717) is 17.9 Å². The molecule has 0 atom stereocenters. The van der Waals surface area contributed by atoms with Crippen molar-refractivity contribution in [1.29, 1.82) is 0 Å². The van der Waals surface area contributed by atoms with Gasteiger partial charge in [0.05, 0.1) is 0 Å². The lowest BCUT2D eigenvalue weighted by Crippen LogP contribution is -2.33. The molecule has 1 amide bonds.